The highest BCUT2D eigenvalue weighted by Crippen LogP contribution is 2.21. The number of halogens is 1. The molecule has 1 fully saturated rings. The lowest BCUT2D eigenvalue weighted by atomic mass is 10.0. The van der Waals surface area contributed by atoms with Crippen LogP contribution in [0.4, 0.5) is 0 Å². The first-order valence-corrected chi connectivity index (χ1v) is 8.52. The second-order valence-corrected chi connectivity index (χ2v) is 6.43. The van der Waals surface area contributed by atoms with Crippen LogP contribution in [0.15, 0.2) is 0 Å². The van der Waals surface area contributed by atoms with E-state index in [0.29, 0.717) is 6.10 Å². The molecule has 1 aliphatic heterocycles. The number of epoxide rings is 1. The molecule has 0 spiro atoms. The van der Waals surface area contributed by atoms with E-state index in [9.17, 15) is 0 Å². The molecule has 1 aliphatic rings. The lowest BCUT2D eigenvalue weighted by Gasteiger charge is -2.23. The summed E-state index contributed by atoms with van der Waals surface area (Å²) in [5, 5.41) is 0. The van der Waals surface area contributed by atoms with Crippen LogP contribution in [0.2, 0.25) is 0 Å². The van der Waals surface area contributed by atoms with Crippen LogP contribution in [-0.4, -0.2) is 37.7 Å². The molecule has 2 unspecified atom stereocenters. The monoisotopic (exact) mass is 349 g/mol. The summed E-state index contributed by atoms with van der Waals surface area (Å²) in [5.74, 6) is 0. The Bertz CT molecular complexity index is 207. The highest BCUT2D eigenvalue weighted by molar-refractivity contribution is 8.93. The Morgan fingerprint density at radius 1 is 0.950 bits per heavy atom. The van der Waals surface area contributed by atoms with Crippen LogP contribution in [0.3, 0.4) is 0 Å². The Labute approximate surface area is 137 Å². The van der Waals surface area contributed by atoms with Gasteiger partial charge in [-0.3, -0.25) is 0 Å². The molecule has 2 atom stereocenters. The van der Waals surface area contributed by atoms with E-state index in [-0.39, 0.29) is 17.0 Å². The van der Waals surface area contributed by atoms with E-state index in [4.69, 9.17) is 4.74 Å². The maximum absolute atomic E-state index is 5.35. The highest BCUT2D eigenvalue weighted by Gasteiger charge is 2.27. The predicted octanol–water partition coefficient (Wildman–Crippen LogP) is 5.20. The van der Waals surface area contributed by atoms with E-state index in [0.717, 1.165) is 12.6 Å². The van der Waals surface area contributed by atoms with Crippen molar-refractivity contribution in [3.63, 3.8) is 0 Å². The van der Waals surface area contributed by atoms with Crippen molar-refractivity contribution in [3.8, 4) is 0 Å². The van der Waals surface area contributed by atoms with Gasteiger partial charge in [0.15, 0.2) is 0 Å². The second-order valence-electron chi connectivity index (χ2n) is 6.43. The van der Waals surface area contributed by atoms with Crippen molar-refractivity contribution < 1.29 is 4.74 Å². The molecule has 0 aromatic carbocycles. The van der Waals surface area contributed by atoms with E-state index in [1.54, 1.807) is 0 Å². The SMILES string of the molecule is Br.CCCCCCCCCCCC(CC1CO1)N(C)C. The molecule has 0 N–H and O–H groups in total. The molecule has 0 aliphatic carbocycles. The molecule has 1 rings (SSSR count). The summed E-state index contributed by atoms with van der Waals surface area (Å²) in [7, 11) is 4.42. The summed E-state index contributed by atoms with van der Waals surface area (Å²) < 4.78 is 5.35. The molecular weight excluding hydrogens is 314 g/mol. The van der Waals surface area contributed by atoms with Crippen molar-refractivity contribution in [3.05, 3.63) is 0 Å². The zero-order chi connectivity index (χ0) is 13.9. The van der Waals surface area contributed by atoms with Gasteiger partial charge in [0.25, 0.3) is 0 Å². The second kappa shape index (κ2) is 13.1. The van der Waals surface area contributed by atoms with Gasteiger partial charge < -0.3 is 9.64 Å². The van der Waals surface area contributed by atoms with Crippen molar-refractivity contribution in [2.75, 3.05) is 20.7 Å². The summed E-state index contributed by atoms with van der Waals surface area (Å²) in [6.45, 7) is 3.29. The Hall–Kier alpha value is 0.400. The molecule has 122 valence electrons. The lowest BCUT2D eigenvalue weighted by Crippen LogP contribution is -2.29. The van der Waals surface area contributed by atoms with Crippen molar-refractivity contribution in [1.82, 2.24) is 4.90 Å². The average molecular weight is 350 g/mol. The Kier molecular flexibility index (Phi) is 13.4. The number of hydrogen-bond acceptors (Lipinski definition) is 2. The first-order valence-electron chi connectivity index (χ1n) is 8.52. The maximum Gasteiger partial charge on any atom is 0.0824 e. The summed E-state index contributed by atoms with van der Waals surface area (Å²) in [4.78, 5) is 2.38. The van der Waals surface area contributed by atoms with Gasteiger partial charge in [0.05, 0.1) is 12.7 Å². The van der Waals surface area contributed by atoms with Gasteiger partial charge in [-0.05, 0) is 26.9 Å². The fraction of sp³-hybridized carbons (Fsp3) is 1.00. The first-order chi connectivity index (χ1) is 9.24. The third kappa shape index (κ3) is 11.1. The molecule has 0 bridgehead atoms. The fourth-order valence-corrected chi connectivity index (χ4v) is 2.79. The zero-order valence-corrected chi connectivity index (χ0v) is 15.6. The minimum atomic E-state index is 0. The molecule has 0 aromatic rings. The molecule has 1 saturated heterocycles. The van der Waals surface area contributed by atoms with E-state index in [1.807, 2.05) is 0 Å². The molecule has 2 nitrogen and oxygen atoms in total. The molecule has 20 heavy (non-hydrogen) atoms. The van der Waals surface area contributed by atoms with Crippen molar-refractivity contribution in [2.45, 2.75) is 89.7 Å². The van der Waals surface area contributed by atoms with Gasteiger partial charge in [-0.15, -0.1) is 17.0 Å². The number of ether oxygens (including phenoxy) is 1. The van der Waals surface area contributed by atoms with Crippen LogP contribution >= 0.6 is 17.0 Å². The summed E-state index contributed by atoms with van der Waals surface area (Å²) in [6, 6.07) is 0.733. The molecule has 0 saturated carbocycles. The van der Waals surface area contributed by atoms with Crippen LogP contribution in [-0.2, 0) is 4.74 Å². The van der Waals surface area contributed by atoms with Crippen molar-refractivity contribution >= 4 is 17.0 Å². The Morgan fingerprint density at radius 2 is 1.45 bits per heavy atom. The predicted molar refractivity (Wildman–Crippen MR) is 94.0 cm³/mol. The van der Waals surface area contributed by atoms with E-state index in [2.05, 4.69) is 25.9 Å². The van der Waals surface area contributed by atoms with E-state index < -0.39 is 0 Å². The maximum atomic E-state index is 5.35. The molecule has 3 heteroatoms. The minimum Gasteiger partial charge on any atom is -0.373 e. The van der Waals surface area contributed by atoms with Crippen LogP contribution in [0, 0.1) is 0 Å². The van der Waals surface area contributed by atoms with Crippen LogP contribution < -0.4 is 0 Å². The van der Waals surface area contributed by atoms with Gasteiger partial charge in [-0.2, -0.15) is 0 Å². The van der Waals surface area contributed by atoms with Crippen LogP contribution in [0.5, 0.6) is 0 Å². The Morgan fingerprint density at radius 3 is 1.90 bits per heavy atom. The number of rotatable bonds is 13. The lowest BCUT2D eigenvalue weighted by molar-refractivity contribution is 0.235. The van der Waals surface area contributed by atoms with E-state index in [1.165, 1.54) is 70.6 Å². The average Bonchev–Trinajstić information content (AvgIpc) is 3.19. The molecule has 1 heterocycles. The smallest absolute Gasteiger partial charge is 0.0824 e. The van der Waals surface area contributed by atoms with Gasteiger partial charge in [0.2, 0.25) is 0 Å². The standard InChI is InChI=1S/C17H35NO.BrH/c1-4-5-6-7-8-9-10-11-12-13-16(18(2)3)14-17-15-19-17;/h16-17H,4-15H2,1-3H3;1H. The summed E-state index contributed by atoms with van der Waals surface area (Å²) >= 11 is 0. The van der Waals surface area contributed by atoms with Crippen molar-refractivity contribution in [1.29, 1.82) is 0 Å². The molecule has 0 amide bonds. The van der Waals surface area contributed by atoms with Crippen LogP contribution in [0.25, 0.3) is 0 Å². The van der Waals surface area contributed by atoms with Gasteiger partial charge in [-0.25, -0.2) is 0 Å². The summed E-state index contributed by atoms with van der Waals surface area (Å²) in [5.41, 5.74) is 0. The number of hydrogen-bond donors (Lipinski definition) is 0. The van der Waals surface area contributed by atoms with Gasteiger partial charge in [0, 0.05) is 6.04 Å². The highest BCUT2D eigenvalue weighted by atomic mass is 79.9. The van der Waals surface area contributed by atoms with Crippen LogP contribution in [0.1, 0.15) is 77.6 Å². The van der Waals surface area contributed by atoms with E-state index >= 15 is 0 Å². The number of unbranched alkanes of at least 4 members (excludes halogenated alkanes) is 8. The molecule has 0 aromatic heterocycles. The van der Waals surface area contributed by atoms with Gasteiger partial charge in [0.1, 0.15) is 0 Å². The molecular formula is C17H36BrNO. The summed E-state index contributed by atoms with van der Waals surface area (Å²) in [6.07, 6.45) is 16.0. The third-order valence-electron chi connectivity index (χ3n) is 4.31. The minimum absolute atomic E-state index is 0. The quantitative estimate of drug-likeness (QED) is 0.335. The van der Waals surface area contributed by atoms with Crippen molar-refractivity contribution in [2.24, 2.45) is 0 Å². The number of nitrogens with zero attached hydrogens (tertiary/aromatic N) is 1. The topological polar surface area (TPSA) is 15.8 Å². The molecule has 0 radical (unpaired) electrons. The third-order valence-corrected chi connectivity index (χ3v) is 4.31. The largest absolute Gasteiger partial charge is 0.373 e. The zero-order valence-electron chi connectivity index (χ0n) is 13.9. The van der Waals surface area contributed by atoms with Gasteiger partial charge in [-0.1, -0.05) is 64.7 Å². The Balaban J connectivity index is 0.00000361. The van der Waals surface area contributed by atoms with Gasteiger partial charge >= 0.3 is 0 Å². The first kappa shape index (κ1) is 20.4. The fourth-order valence-electron chi connectivity index (χ4n) is 2.79. The normalized spacial score (nSPS) is 18.9.